The fraction of sp³-hybridized carbons (Fsp3) is 0.889. The fourth-order valence-electron chi connectivity index (χ4n) is 1.19. The molecule has 14 heavy (non-hydrogen) atoms. The van der Waals surface area contributed by atoms with E-state index in [0.717, 1.165) is 12.3 Å². The molecule has 1 fully saturated rings. The van der Waals surface area contributed by atoms with Crippen molar-refractivity contribution in [3.05, 3.63) is 0 Å². The standard InChI is InChI=1S/C9H18N2OS2/c1-2-8(10)9(12)11-5-7-6-13-3-4-14-7/h7-8H,2-6,10H2,1H3,(H,11,12)/t7?,8-/m0/s1. The maximum Gasteiger partial charge on any atom is 0.236 e. The van der Waals surface area contributed by atoms with E-state index in [1.165, 1.54) is 11.5 Å². The van der Waals surface area contributed by atoms with Gasteiger partial charge >= 0.3 is 0 Å². The molecule has 5 heteroatoms. The maximum absolute atomic E-state index is 11.4. The van der Waals surface area contributed by atoms with Crippen LogP contribution in [0.25, 0.3) is 0 Å². The zero-order valence-electron chi connectivity index (χ0n) is 8.49. The predicted molar refractivity (Wildman–Crippen MR) is 64.8 cm³/mol. The van der Waals surface area contributed by atoms with Crippen molar-refractivity contribution in [3.63, 3.8) is 0 Å². The number of carbonyl (C=O) groups excluding carboxylic acids is 1. The number of hydrogen-bond donors (Lipinski definition) is 2. The van der Waals surface area contributed by atoms with E-state index in [4.69, 9.17) is 5.73 Å². The van der Waals surface area contributed by atoms with Gasteiger partial charge in [-0.3, -0.25) is 4.79 Å². The summed E-state index contributed by atoms with van der Waals surface area (Å²) >= 11 is 3.91. The van der Waals surface area contributed by atoms with Crippen molar-refractivity contribution in [3.8, 4) is 0 Å². The molecule has 0 bridgehead atoms. The summed E-state index contributed by atoms with van der Waals surface area (Å²) in [4.78, 5) is 11.4. The van der Waals surface area contributed by atoms with Crippen molar-refractivity contribution in [2.75, 3.05) is 23.8 Å². The molecule has 0 aromatic carbocycles. The van der Waals surface area contributed by atoms with Gasteiger partial charge in [-0.15, -0.1) is 0 Å². The molecule has 3 N–H and O–H groups in total. The zero-order valence-corrected chi connectivity index (χ0v) is 10.1. The highest BCUT2D eigenvalue weighted by atomic mass is 32.2. The summed E-state index contributed by atoms with van der Waals surface area (Å²) in [5.74, 6) is 3.57. The normalized spacial score (nSPS) is 24.3. The molecule has 0 saturated carbocycles. The summed E-state index contributed by atoms with van der Waals surface area (Å²) in [6.45, 7) is 2.69. The molecule has 0 aliphatic carbocycles. The van der Waals surface area contributed by atoms with Gasteiger partial charge in [0.15, 0.2) is 0 Å². The minimum absolute atomic E-state index is 0.0105. The van der Waals surface area contributed by atoms with Crippen molar-refractivity contribution >= 4 is 29.4 Å². The first kappa shape index (κ1) is 12.2. The van der Waals surface area contributed by atoms with Gasteiger partial charge in [0.1, 0.15) is 0 Å². The van der Waals surface area contributed by atoms with Crippen molar-refractivity contribution in [2.45, 2.75) is 24.6 Å². The Kier molecular flexibility index (Phi) is 5.74. The predicted octanol–water partition coefficient (Wildman–Crippen LogP) is 0.689. The third-order valence-electron chi connectivity index (χ3n) is 2.17. The highest BCUT2D eigenvalue weighted by Gasteiger charge is 2.16. The first-order valence-electron chi connectivity index (χ1n) is 4.96. The molecular weight excluding hydrogens is 216 g/mol. The Balaban J connectivity index is 2.15. The first-order valence-corrected chi connectivity index (χ1v) is 7.17. The van der Waals surface area contributed by atoms with Crippen molar-refractivity contribution in [1.29, 1.82) is 0 Å². The number of hydrogen-bond acceptors (Lipinski definition) is 4. The lowest BCUT2D eigenvalue weighted by molar-refractivity contribution is -0.122. The largest absolute Gasteiger partial charge is 0.354 e. The number of nitrogens with one attached hydrogen (secondary N) is 1. The van der Waals surface area contributed by atoms with Crippen LogP contribution in [0.5, 0.6) is 0 Å². The van der Waals surface area contributed by atoms with Crippen LogP contribution in [0.1, 0.15) is 13.3 Å². The number of amides is 1. The van der Waals surface area contributed by atoms with Crippen LogP contribution in [0.4, 0.5) is 0 Å². The maximum atomic E-state index is 11.4. The Hall–Kier alpha value is 0.130. The lowest BCUT2D eigenvalue weighted by Crippen LogP contribution is -2.43. The molecular formula is C9H18N2OS2. The van der Waals surface area contributed by atoms with E-state index < -0.39 is 0 Å². The second-order valence-electron chi connectivity index (χ2n) is 3.33. The van der Waals surface area contributed by atoms with Crippen molar-refractivity contribution < 1.29 is 4.79 Å². The summed E-state index contributed by atoms with van der Waals surface area (Å²) in [6.07, 6.45) is 0.707. The van der Waals surface area contributed by atoms with Gasteiger partial charge in [-0.1, -0.05) is 6.92 Å². The second-order valence-corrected chi connectivity index (χ2v) is 5.89. The van der Waals surface area contributed by atoms with Crippen LogP contribution in [-0.2, 0) is 4.79 Å². The van der Waals surface area contributed by atoms with Crippen molar-refractivity contribution in [2.24, 2.45) is 5.73 Å². The molecule has 1 saturated heterocycles. The molecule has 0 spiro atoms. The van der Waals surface area contributed by atoms with Gasteiger partial charge in [0, 0.05) is 29.1 Å². The highest BCUT2D eigenvalue weighted by molar-refractivity contribution is 8.06. The van der Waals surface area contributed by atoms with E-state index in [1.807, 2.05) is 30.4 Å². The first-order chi connectivity index (χ1) is 6.74. The highest BCUT2D eigenvalue weighted by Crippen LogP contribution is 2.23. The van der Waals surface area contributed by atoms with Crippen LogP contribution in [0.3, 0.4) is 0 Å². The lowest BCUT2D eigenvalue weighted by atomic mass is 10.2. The summed E-state index contributed by atoms with van der Waals surface area (Å²) in [5.41, 5.74) is 5.61. The van der Waals surface area contributed by atoms with Crippen molar-refractivity contribution in [1.82, 2.24) is 5.32 Å². The Morgan fingerprint density at radius 3 is 3.00 bits per heavy atom. The van der Waals surface area contributed by atoms with E-state index in [0.29, 0.717) is 11.7 Å². The van der Waals surface area contributed by atoms with E-state index >= 15 is 0 Å². The molecule has 0 aromatic heterocycles. The molecule has 1 unspecified atom stereocenters. The molecule has 82 valence electrons. The Labute approximate surface area is 94.0 Å². The lowest BCUT2D eigenvalue weighted by Gasteiger charge is -2.21. The SMILES string of the molecule is CC[C@H](N)C(=O)NCC1CSCCS1. The molecule has 1 aliphatic rings. The molecule has 0 radical (unpaired) electrons. The van der Waals surface area contributed by atoms with Gasteiger partial charge < -0.3 is 11.1 Å². The van der Waals surface area contributed by atoms with E-state index in [2.05, 4.69) is 5.32 Å². The Morgan fingerprint density at radius 1 is 1.64 bits per heavy atom. The van der Waals surface area contributed by atoms with E-state index in [1.54, 1.807) is 0 Å². The van der Waals surface area contributed by atoms with Gasteiger partial charge in [0.05, 0.1) is 6.04 Å². The molecule has 1 rings (SSSR count). The van der Waals surface area contributed by atoms with Gasteiger partial charge in [-0.05, 0) is 6.42 Å². The van der Waals surface area contributed by atoms with Gasteiger partial charge in [-0.25, -0.2) is 0 Å². The molecule has 1 heterocycles. The number of nitrogens with two attached hydrogens (primary N) is 1. The van der Waals surface area contributed by atoms with Crippen LogP contribution < -0.4 is 11.1 Å². The fourth-order valence-corrected chi connectivity index (χ4v) is 3.80. The van der Waals surface area contributed by atoms with E-state index in [9.17, 15) is 4.79 Å². The number of thioether (sulfide) groups is 2. The minimum atomic E-state index is -0.337. The molecule has 3 nitrogen and oxygen atoms in total. The van der Waals surface area contributed by atoms with Crippen LogP contribution >= 0.6 is 23.5 Å². The summed E-state index contributed by atoms with van der Waals surface area (Å²) < 4.78 is 0. The molecule has 1 aliphatic heterocycles. The quantitative estimate of drug-likeness (QED) is 0.751. The van der Waals surface area contributed by atoms with Crippen LogP contribution in [0.2, 0.25) is 0 Å². The Bertz CT molecular complexity index is 184. The molecule has 2 atom stereocenters. The zero-order chi connectivity index (χ0) is 10.4. The third-order valence-corrected chi connectivity index (χ3v) is 5.01. The third kappa shape index (κ3) is 4.11. The van der Waals surface area contributed by atoms with Crippen LogP contribution in [0, 0.1) is 0 Å². The average molecular weight is 234 g/mol. The average Bonchev–Trinajstić information content (AvgIpc) is 2.26. The van der Waals surface area contributed by atoms with Gasteiger partial charge in [0.25, 0.3) is 0 Å². The minimum Gasteiger partial charge on any atom is -0.354 e. The van der Waals surface area contributed by atoms with Crippen LogP contribution in [-0.4, -0.2) is 41.0 Å². The van der Waals surface area contributed by atoms with E-state index in [-0.39, 0.29) is 11.9 Å². The molecule has 0 aromatic rings. The number of carbonyl (C=O) groups is 1. The summed E-state index contributed by atoms with van der Waals surface area (Å²) in [5, 5.41) is 3.48. The van der Waals surface area contributed by atoms with Gasteiger partial charge in [-0.2, -0.15) is 23.5 Å². The summed E-state index contributed by atoms with van der Waals surface area (Å²) in [7, 11) is 0. The topological polar surface area (TPSA) is 55.1 Å². The molecule has 1 amide bonds. The second kappa shape index (κ2) is 6.58. The van der Waals surface area contributed by atoms with Gasteiger partial charge in [0.2, 0.25) is 5.91 Å². The summed E-state index contributed by atoms with van der Waals surface area (Å²) in [6, 6.07) is -0.337. The Morgan fingerprint density at radius 2 is 2.43 bits per heavy atom. The smallest absolute Gasteiger partial charge is 0.236 e. The van der Waals surface area contributed by atoms with Crippen LogP contribution in [0.15, 0.2) is 0 Å². The number of rotatable bonds is 4. The monoisotopic (exact) mass is 234 g/mol.